The quantitative estimate of drug-likeness (QED) is 0.720. The molecule has 0 aliphatic carbocycles. The molecule has 0 atom stereocenters. The van der Waals surface area contributed by atoms with Gasteiger partial charge in [0.2, 0.25) is 5.91 Å². The Kier molecular flexibility index (Phi) is 7.18. The van der Waals surface area contributed by atoms with Crippen LogP contribution in [-0.2, 0) is 11.2 Å². The Morgan fingerprint density at radius 1 is 1.26 bits per heavy atom. The number of anilines is 1. The fraction of sp³-hybridized carbons (Fsp3) is 0.615. The molecule has 2 N–H and O–H groups in total. The molecule has 0 radical (unpaired) electrons. The Morgan fingerprint density at radius 2 is 2.05 bits per heavy atom. The van der Waals surface area contributed by atoms with Crippen LogP contribution in [0.1, 0.15) is 38.7 Å². The van der Waals surface area contributed by atoms with Crippen molar-refractivity contribution in [3.8, 4) is 0 Å². The van der Waals surface area contributed by atoms with Crippen LogP contribution in [0.4, 0.5) is 5.82 Å². The van der Waals surface area contributed by atoms with Gasteiger partial charge in [0.25, 0.3) is 0 Å². The molecule has 0 unspecified atom stereocenters. The van der Waals surface area contributed by atoms with Gasteiger partial charge in [-0.05, 0) is 12.8 Å². The van der Waals surface area contributed by atoms with Crippen LogP contribution in [0.25, 0.3) is 0 Å². The van der Waals surface area contributed by atoms with E-state index in [0.717, 1.165) is 37.2 Å². The third-order valence-corrected chi connectivity index (χ3v) is 2.94. The van der Waals surface area contributed by atoms with E-state index in [1.807, 2.05) is 6.92 Å². The van der Waals surface area contributed by atoms with Crippen LogP contribution in [0.2, 0.25) is 5.15 Å². The van der Waals surface area contributed by atoms with Crippen LogP contribution >= 0.6 is 11.6 Å². The van der Waals surface area contributed by atoms with Gasteiger partial charge in [0.15, 0.2) is 0 Å². The van der Waals surface area contributed by atoms with Gasteiger partial charge >= 0.3 is 0 Å². The fourth-order valence-electron chi connectivity index (χ4n) is 1.66. The van der Waals surface area contributed by atoms with Gasteiger partial charge in [0, 0.05) is 25.1 Å². The molecule has 6 heteroatoms. The van der Waals surface area contributed by atoms with Gasteiger partial charge < -0.3 is 10.6 Å². The average Bonchev–Trinajstić information content (AvgIpc) is 2.40. The molecule has 0 spiro atoms. The molecule has 0 saturated carbocycles. The van der Waals surface area contributed by atoms with E-state index in [1.165, 1.54) is 6.33 Å². The summed E-state index contributed by atoms with van der Waals surface area (Å²) in [5.41, 5.74) is 0.917. The highest BCUT2D eigenvalue weighted by atomic mass is 35.5. The minimum atomic E-state index is 0.0477. The highest BCUT2D eigenvalue weighted by Crippen LogP contribution is 2.21. The number of halogens is 1. The number of hydrogen-bond donors (Lipinski definition) is 2. The third-order valence-electron chi connectivity index (χ3n) is 2.61. The Hall–Kier alpha value is -1.36. The van der Waals surface area contributed by atoms with Crippen molar-refractivity contribution in [3.05, 3.63) is 17.0 Å². The van der Waals surface area contributed by atoms with Crippen molar-refractivity contribution in [1.82, 2.24) is 15.3 Å². The van der Waals surface area contributed by atoms with E-state index >= 15 is 0 Å². The van der Waals surface area contributed by atoms with E-state index in [4.69, 9.17) is 11.6 Å². The smallest absolute Gasteiger partial charge is 0.221 e. The third kappa shape index (κ3) is 5.42. The minimum Gasteiger partial charge on any atom is -0.369 e. The first-order valence-electron chi connectivity index (χ1n) is 6.69. The highest BCUT2D eigenvalue weighted by Gasteiger charge is 2.09. The van der Waals surface area contributed by atoms with Crippen molar-refractivity contribution in [3.63, 3.8) is 0 Å². The number of rotatable bonds is 8. The summed E-state index contributed by atoms with van der Waals surface area (Å²) in [6.45, 7) is 5.36. The maximum absolute atomic E-state index is 11.5. The lowest BCUT2D eigenvalue weighted by molar-refractivity contribution is -0.120. The van der Waals surface area contributed by atoms with Crippen LogP contribution in [0.5, 0.6) is 0 Å². The Labute approximate surface area is 119 Å². The second kappa shape index (κ2) is 8.69. The standard InChI is InChI=1S/C13H21ClN4O/c1-3-5-10-12(14)17-9-18-13(10)16-8-6-11(19)15-7-4-2/h9H,3-8H2,1-2H3,(H,15,19)(H,16,17,18). The zero-order chi connectivity index (χ0) is 14.1. The van der Waals surface area contributed by atoms with Gasteiger partial charge in [-0.1, -0.05) is 31.9 Å². The van der Waals surface area contributed by atoms with E-state index in [2.05, 4.69) is 27.5 Å². The molecule has 0 saturated heterocycles. The lowest BCUT2D eigenvalue weighted by Crippen LogP contribution is -2.26. The molecule has 1 amide bonds. The van der Waals surface area contributed by atoms with Gasteiger partial charge in [-0.25, -0.2) is 9.97 Å². The van der Waals surface area contributed by atoms with Crippen LogP contribution < -0.4 is 10.6 Å². The van der Waals surface area contributed by atoms with Crippen molar-refractivity contribution < 1.29 is 4.79 Å². The number of aromatic nitrogens is 2. The first-order chi connectivity index (χ1) is 9.19. The molecular formula is C13H21ClN4O. The largest absolute Gasteiger partial charge is 0.369 e. The van der Waals surface area contributed by atoms with Gasteiger partial charge in [-0.3, -0.25) is 4.79 Å². The molecular weight excluding hydrogens is 264 g/mol. The van der Waals surface area contributed by atoms with Crippen molar-refractivity contribution >= 4 is 23.3 Å². The van der Waals surface area contributed by atoms with Crippen LogP contribution in [0.15, 0.2) is 6.33 Å². The summed E-state index contributed by atoms with van der Waals surface area (Å²) in [6.07, 6.45) is 4.60. The number of carbonyl (C=O) groups excluding carboxylic acids is 1. The van der Waals surface area contributed by atoms with E-state index in [0.29, 0.717) is 18.1 Å². The van der Waals surface area contributed by atoms with E-state index in [1.54, 1.807) is 0 Å². The first-order valence-corrected chi connectivity index (χ1v) is 7.06. The molecule has 1 aromatic rings. The molecule has 1 heterocycles. The highest BCUT2D eigenvalue weighted by molar-refractivity contribution is 6.30. The SMILES string of the molecule is CCCNC(=O)CCNc1ncnc(Cl)c1CCC. The Bertz CT molecular complexity index is 412. The van der Waals surface area contributed by atoms with Crippen molar-refractivity contribution in [2.45, 2.75) is 39.5 Å². The molecule has 1 rings (SSSR count). The zero-order valence-electron chi connectivity index (χ0n) is 11.5. The second-order valence-corrected chi connectivity index (χ2v) is 4.63. The molecule has 0 bridgehead atoms. The van der Waals surface area contributed by atoms with Crippen molar-refractivity contribution in [2.75, 3.05) is 18.4 Å². The minimum absolute atomic E-state index is 0.0477. The zero-order valence-corrected chi connectivity index (χ0v) is 12.3. The average molecular weight is 285 g/mol. The van der Waals surface area contributed by atoms with Crippen LogP contribution in [0.3, 0.4) is 0 Å². The van der Waals surface area contributed by atoms with Crippen molar-refractivity contribution in [1.29, 1.82) is 0 Å². The normalized spacial score (nSPS) is 10.3. The van der Waals surface area contributed by atoms with Crippen LogP contribution in [0, 0.1) is 0 Å². The molecule has 1 aromatic heterocycles. The first kappa shape index (κ1) is 15.7. The predicted molar refractivity (Wildman–Crippen MR) is 77.4 cm³/mol. The summed E-state index contributed by atoms with van der Waals surface area (Å²) in [4.78, 5) is 19.6. The summed E-state index contributed by atoms with van der Waals surface area (Å²) in [5, 5.41) is 6.46. The van der Waals surface area contributed by atoms with Crippen LogP contribution in [-0.4, -0.2) is 29.0 Å². The number of nitrogens with zero attached hydrogens (tertiary/aromatic N) is 2. The lowest BCUT2D eigenvalue weighted by atomic mass is 10.2. The van der Waals surface area contributed by atoms with E-state index in [9.17, 15) is 4.79 Å². The molecule has 0 fully saturated rings. The van der Waals surface area contributed by atoms with E-state index in [-0.39, 0.29) is 5.91 Å². The van der Waals surface area contributed by atoms with E-state index < -0.39 is 0 Å². The molecule has 0 aliphatic rings. The van der Waals surface area contributed by atoms with Gasteiger partial charge in [0.05, 0.1) is 0 Å². The van der Waals surface area contributed by atoms with Crippen molar-refractivity contribution in [2.24, 2.45) is 0 Å². The molecule has 5 nitrogen and oxygen atoms in total. The Morgan fingerprint density at radius 3 is 2.74 bits per heavy atom. The number of hydrogen-bond acceptors (Lipinski definition) is 4. The number of carbonyl (C=O) groups is 1. The molecule has 106 valence electrons. The molecule has 0 aliphatic heterocycles. The monoisotopic (exact) mass is 284 g/mol. The summed E-state index contributed by atoms with van der Waals surface area (Å²) in [6, 6.07) is 0. The Balaban J connectivity index is 2.48. The maximum Gasteiger partial charge on any atom is 0.221 e. The van der Waals surface area contributed by atoms with Gasteiger partial charge in [-0.15, -0.1) is 0 Å². The predicted octanol–water partition coefficient (Wildman–Crippen LogP) is 2.41. The lowest BCUT2D eigenvalue weighted by Gasteiger charge is -2.11. The number of nitrogens with one attached hydrogen (secondary N) is 2. The summed E-state index contributed by atoms with van der Waals surface area (Å²) >= 11 is 6.05. The number of amides is 1. The maximum atomic E-state index is 11.5. The summed E-state index contributed by atoms with van der Waals surface area (Å²) in [5.74, 6) is 0.775. The topological polar surface area (TPSA) is 66.9 Å². The van der Waals surface area contributed by atoms with Gasteiger partial charge in [-0.2, -0.15) is 0 Å². The fourth-order valence-corrected chi connectivity index (χ4v) is 1.89. The molecule has 0 aromatic carbocycles. The molecule has 19 heavy (non-hydrogen) atoms. The van der Waals surface area contributed by atoms with Gasteiger partial charge in [0.1, 0.15) is 17.3 Å². The summed E-state index contributed by atoms with van der Waals surface area (Å²) in [7, 11) is 0. The second-order valence-electron chi connectivity index (χ2n) is 4.27. The summed E-state index contributed by atoms with van der Waals surface area (Å²) < 4.78 is 0.